The van der Waals surface area contributed by atoms with Gasteiger partial charge in [0.2, 0.25) is 17.7 Å². The van der Waals surface area contributed by atoms with Crippen LogP contribution in [0.5, 0.6) is 34.6 Å². The molecular formula is C74H81ClFN13O10. The van der Waals surface area contributed by atoms with Crippen LogP contribution in [0.15, 0.2) is 153 Å². The summed E-state index contributed by atoms with van der Waals surface area (Å²) in [7, 11) is 10.9. The molecule has 23 nitrogen and oxygen atoms in total. The molecule has 0 spiro atoms. The van der Waals surface area contributed by atoms with Crippen LogP contribution in [0.4, 0.5) is 50.4 Å². The summed E-state index contributed by atoms with van der Waals surface area (Å²) in [6.45, 7) is 14.8. The summed E-state index contributed by atoms with van der Waals surface area (Å²) in [6, 6.07) is 32.8. The first kappa shape index (κ1) is 72.7. The number of ether oxygens (including phenoxy) is 8. The van der Waals surface area contributed by atoms with E-state index in [1.807, 2.05) is 99.6 Å². The lowest BCUT2D eigenvalue weighted by atomic mass is 10.0. The van der Waals surface area contributed by atoms with Crippen LogP contribution in [0.2, 0.25) is 5.02 Å². The number of carbonyl (C=O) groups excluding carboxylic acids is 2. The average Bonchev–Trinajstić information content (AvgIpc) is 1.16. The fourth-order valence-electron chi connectivity index (χ4n) is 10.1. The third-order valence-corrected chi connectivity index (χ3v) is 15.5. The monoisotopic (exact) mass is 1370 g/mol. The predicted octanol–water partition coefficient (Wildman–Crippen LogP) is 12.6. The van der Waals surface area contributed by atoms with Crippen LogP contribution in [0, 0.1) is 24.6 Å². The number of benzene rings is 6. The zero-order chi connectivity index (χ0) is 70.0. The first-order valence-electron chi connectivity index (χ1n) is 31.9. The van der Waals surface area contributed by atoms with E-state index in [0.717, 1.165) is 77.3 Å². The van der Waals surface area contributed by atoms with Crippen molar-refractivity contribution in [1.29, 1.82) is 0 Å². The molecule has 0 bridgehead atoms. The van der Waals surface area contributed by atoms with Gasteiger partial charge in [-0.1, -0.05) is 42.3 Å². The second-order valence-corrected chi connectivity index (χ2v) is 23.4. The quantitative estimate of drug-likeness (QED) is 0.0212. The molecule has 6 aromatic carbocycles. The number of nitrogens with one attached hydrogen (secondary N) is 4. The lowest BCUT2D eigenvalue weighted by Gasteiger charge is -2.34. The van der Waals surface area contributed by atoms with Crippen molar-refractivity contribution in [2.75, 3.05) is 141 Å². The number of aromatic nitrogens is 6. The zero-order valence-corrected chi connectivity index (χ0v) is 57.5. The molecule has 0 aliphatic carbocycles. The molecule has 2 aliphatic rings. The minimum atomic E-state index is -0.499. The van der Waals surface area contributed by atoms with E-state index in [9.17, 15) is 14.0 Å². The smallest absolute Gasteiger partial charge is 0.247 e. The van der Waals surface area contributed by atoms with Crippen LogP contribution in [-0.4, -0.2) is 172 Å². The molecule has 2 fully saturated rings. The topological polar surface area (TPSA) is 243 Å². The number of allylic oxidation sites excluding steroid dienone is 1. The van der Waals surface area contributed by atoms with E-state index in [0.29, 0.717) is 121 Å². The summed E-state index contributed by atoms with van der Waals surface area (Å²) >= 11 is 5.92. The van der Waals surface area contributed by atoms with Crippen molar-refractivity contribution in [2.45, 2.75) is 32.8 Å². The number of hydrogen-bond donors (Lipinski definition) is 4. The van der Waals surface area contributed by atoms with Gasteiger partial charge in [-0.15, -0.1) is 5.92 Å². The van der Waals surface area contributed by atoms with Gasteiger partial charge >= 0.3 is 0 Å². The number of ketones is 1. The van der Waals surface area contributed by atoms with E-state index < -0.39 is 5.82 Å². The van der Waals surface area contributed by atoms with Crippen molar-refractivity contribution in [3.8, 4) is 46.5 Å². The van der Waals surface area contributed by atoms with E-state index in [1.165, 1.54) is 30.9 Å². The van der Waals surface area contributed by atoms with Gasteiger partial charge in [-0.05, 0) is 120 Å². The summed E-state index contributed by atoms with van der Waals surface area (Å²) in [5, 5.41) is 14.0. The van der Waals surface area contributed by atoms with Crippen LogP contribution in [0.1, 0.15) is 30.0 Å². The first-order chi connectivity index (χ1) is 48.1. The van der Waals surface area contributed by atoms with Gasteiger partial charge in [0, 0.05) is 140 Å². The number of carbonyl (C=O) groups is 2. The van der Waals surface area contributed by atoms with Crippen molar-refractivity contribution in [2.24, 2.45) is 0 Å². The number of halogens is 2. The second kappa shape index (κ2) is 36.7. The lowest BCUT2D eigenvalue weighted by molar-refractivity contribution is -0.114. The molecule has 516 valence electrons. The molecule has 0 saturated carbocycles. The van der Waals surface area contributed by atoms with Crippen molar-refractivity contribution >= 4 is 91.1 Å². The number of methoxy groups -OCH3 is 3. The molecule has 2 saturated heterocycles. The Hall–Kier alpha value is -10.5. The Morgan fingerprint density at radius 2 is 1.45 bits per heavy atom. The second-order valence-electron chi connectivity index (χ2n) is 23.0. The van der Waals surface area contributed by atoms with Crippen LogP contribution in [0.25, 0.3) is 21.8 Å². The van der Waals surface area contributed by atoms with Crippen LogP contribution in [-0.2, 0) is 30.2 Å². The fourth-order valence-corrected chi connectivity index (χ4v) is 10.3. The van der Waals surface area contributed by atoms with Gasteiger partial charge in [0.05, 0.1) is 55.3 Å². The highest BCUT2D eigenvalue weighted by Gasteiger charge is 2.23. The summed E-state index contributed by atoms with van der Waals surface area (Å²) in [5.74, 6) is 10.2. The Bertz CT molecular complexity index is 4330. The van der Waals surface area contributed by atoms with Gasteiger partial charge < -0.3 is 73.9 Å². The number of anilines is 8. The largest absolute Gasteiger partial charge is 0.494 e. The molecule has 1 atom stereocenters. The van der Waals surface area contributed by atoms with Gasteiger partial charge in [0.1, 0.15) is 66.7 Å². The summed E-state index contributed by atoms with van der Waals surface area (Å²) in [4.78, 5) is 57.4. The molecule has 4 N–H and O–H groups in total. The average molecular weight is 1370 g/mol. The molecule has 9 aromatic rings. The molecule has 1 amide bonds. The molecule has 99 heavy (non-hydrogen) atoms. The number of likely N-dealkylation sites (N-methyl/N-ethyl adjacent to an activating group) is 2. The Balaban J connectivity index is 0.000000174. The molecular weight excluding hydrogens is 1290 g/mol. The van der Waals surface area contributed by atoms with Gasteiger partial charge in [-0.25, -0.2) is 29.3 Å². The van der Waals surface area contributed by atoms with E-state index in [2.05, 4.69) is 92.5 Å². The third-order valence-electron chi connectivity index (χ3n) is 15.2. The fraction of sp³-hybridized carbons (Fsp3) is 0.297. The number of rotatable bonds is 27. The molecule has 2 aliphatic heterocycles. The number of amides is 1. The Morgan fingerprint density at radius 3 is 2.12 bits per heavy atom. The summed E-state index contributed by atoms with van der Waals surface area (Å²) < 4.78 is 58.7. The molecule has 5 heterocycles. The SMILES string of the molecule is C=CC(=O)Nc1cccc(Oc2nc(Nc3ccc(N4CCN(C)CC4)cc3OC)ncc2C)c1.CC#Cc1cccc(Nc2ncnc3cc(OCCOC)c(OCCOC)cc23)c1.CN(C)C/C=C/C(=O)Cc1cc2c(Nc3ccc(F)c(Cl)c3)ncnc2cc1O[C@H]1CCOC1. The Morgan fingerprint density at radius 1 is 0.768 bits per heavy atom. The number of aryl methyl sites for hydroxylation is 1. The van der Waals surface area contributed by atoms with Crippen molar-refractivity contribution in [3.05, 3.63) is 180 Å². The molecule has 0 radical (unpaired) electrons. The lowest BCUT2D eigenvalue weighted by Crippen LogP contribution is -2.44. The predicted molar refractivity (Wildman–Crippen MR) is 385 cm³/mol. The van der Waals surface area contributed by atoms with E-state index in [1.54, 1.807) is 63.9 Å². The molecule has 25 heteroatoms. The first-order valence-corrected chi connectivity index (χ1v) is 32.3. The maximum absolute atomic E-state index is 13.6. The Labute approximate surface area is 580 Å². The maximum atomic E-state index is 13.6. The normalized spacial score (nSPS) is 13.5. The number of nitrogens with zero attached hydrogens (tertiary/aromatic N) is 9. The van der Waals surface area contributed by atoms with Crippen molar-refractivity contribution in [1.82, 2.24) is 39.7 Å². The molecule has 3 aromatic heterocycles. The van der Waals surface area contributed by atoms with Crippen LogP contribution < -0.4 is 49.9 Å². The summed E-state index contributed by atoms with van der Waals surface area (Å²) in [5.41, 5.74) is 7.77. The number of fused-ring (bicyclic) bond motifs is 2. The molecule has 11 rings (SSSR count). The third kappa shape index (κ3) is 21.5. The maximum Gasteiger partial charge on any atom is 0.247 e. The van der Waals surface area contributed by atoms with E-state index in [-0.39, 0.29) is 29.2 Å². The van der Waals surface area contributed by atoms with Gasteiger partial charge in [0.25, 0.3) is 0 Å². The van der Waals surface area contributed by atoms with E-state index >= 15 is 0 Å². The standard InChI is InChI=1S/C26H30N6O3.C25H26ClFN4O3.C23H25N3O4/c1-5-24(33)28-19-7-6-8-21(15-19)35-25-18(2)17-27-26(30-25)29-22-10-9-20(16-23(22)34-4)32-13-11-31(3)12-14-32;1-31(2)8-3-4-18(32)10-16-11-20-23(13-24(16)34-19-7-9-33-14-19)28-15-29-25(20)30-17-5-6-22(27)21(26)12-17;1-4-6-17-7-5-8-18(13-17)26-23-19-14-21(29-11-9-27-2)22(30-12-10-28-3)15-20(19)24-16-25-23/h5-10,15-17H,1,11-14H2,2-4H3,(H,28,33)(H,27,29,30);3-6,11-13,15,19H,7-10,14H2,1-2H3,(H,28,29,30);5,7-8,13-16H,9-12H2,1-3H3,(H,24,25,26)/b;4-3+;/t;19-;/m.0./s1. The summed E-state index contributed by atoms with van der Waals surface area (Å²) in [6.07, 6.45) is 10.2. The molecule has 0 unspecified atom stereocenters. The van der Waals surface area contributed by atoms with Gasteiger partial charge in [-0.2, -0.15) is 4.98 Å². The minimum Gasteiger partial charge on any atom is -0.494 e. The van der Waals surface area contributed by atoms with Gasteiger partial charge in [-0.3, -0.25) is 9.59 Å². The van der Waals surface area contributed by atoms with Crippen molar-refractivity contribution in [3.63, 3.8) is 0 Å². The Kier molecular flexibility index (Phi) is 27.0. The zero-order valence-electron chi connectivity index (χ0n) is 56.7. The highest BCUT2D eigenvalue weighted by atomic mass is 35.5. The number of piperazine rings is 1. The minimum absolute atomic E-state index is 0.00799. The van der Waals surface area contributed by atoms with Crippen LogP contribution >= 0.6 is 11.6 Å². The van der Waals surface area contributed by atoms with Crippen LogP contribution in [0.3, 0.4) is 0 Å². The van der Waals surface area contributed by atoms with Crippen molar-refractivity contribution < 1.29 is 51.9 Å². The number of hydrogen-bond acceptors (Lipinski definition) is 22. The highest BCUT2D eigenvalue weighted by Crippen LogP contribution is 2.38. The van der Waals surface area contributed by atoms with E-state index in [4.69, 9.17) is 49.5 Å². The highest BCUT2D eigenvalue weighted by molar-refractivity contribution is 6.31. The van der Waals surface area contributed by atoms with Gasteiger partial charge in [0.15, 0.2) is 17.3 Å².